The zero-order chi connectivity index (χ0) is 23.9. The molecule has 0 bridgehead atoms. The number of carbonyl (C=O) groups excluding carboxylic acids is 3. The summed E-state index contributed by atoms with van der Waals surface area (Å²) < 4.78 is 11.6. The molecule has 3 aliphatic carbocycles. The lowest BCUT2D eigenvalue weighted by Crippen LogP contribution is -2.32. The first-order chi connectivity index (χ1) is 17.0. The van der Waals surface area contributed by atoms with Gasteiger partial charge in [-0.3, -0.25) is 14.4 Å². The molecule has 1 N–H and O–H groups in total. The quantitative estimate of drug-likeness (QED) is 0.597. The molecule has 8 heteroatoms. The fraction of sp³-hybridized carbons (Fsp3) is 0.481. The Morgan fingerprint density at radius 3 is 2.69 bits per heavy atom. The summed E-state index contributed by atoms with van der Waals surface area (Å²) in [4.78, 5) is 44.0. The Kier molecular flexibility index (Phi) is 5.66. The third-order valence-electron chi connectivity index (χ3n) is 7.20. The van der Waals surface area contributed by atoms with Gasteiger partial charge in [0.25, 0.3) is 5.91 Å². The molecule has 2 unspecified atom stereocenters. The highest BCUT2D eigenvalue weighted by Crippen LogP contribution is 2.38. The Balaban J connectivity index is 1.09. The molecule has 0 spiro atoms. The third-order valence-corrected chi connectivity index (χ3v) is 7.20. The molecule has 1 aromatic heterocycles. The van der Waals surface area contributed by atoms with E-state index in [9.17, 15) is 14.4 Å². The largest absolute Gasteiger partial charge is 0.479 e. The molecule has 3 fully saturated rings. The van der Waals surface area contributed by atoms with E-state index < -0.39 is 6.10 Å². The Hall–Kier alpha value is -3.42. The molecular weight excluding hydrogens is 446 g/mol. The molecular formula is C27H29N3O5. The van der Waals surface area contributed by atoms with Gasteiger partial charge in [0, 0.05) is 55.1 Å². The Labute approximate surface area is 204 Å². The maximum absolute atomic E-state index is 13.1. The van der Waals surface area contributed by atoms with E-state index in [1.807, 2.05) is 12.1 Å². The molecule has 1 aliphatic heterocycles. The lowest BCUT2D eigenvalue weighted by Gasteiger charge is -2.19. The van der Waals surface area contributed by atoms with Gasteiger partial charge in [0.15, 0.2) is 11.9 Å². The van der Waals surface area contributed by atoms with Crippen molar-refractivity contribution in [3.8, 4) is 11.6 Å². The molecule has 2 aromatic rings. The molecule has 182 valence electrons. The predicted octanol–water partition coefficient (Wildman–Crippen LogP) is 3.39. The standard InChI is InChI=1S/C27H29N3O5/c31-23-11-17(12-25(32)29-18-3-4-18)21-7-5-19(13-22(21)23)30-10-9-24(27(30)33)35-20-6-8-26(28-14-20)34-15-16-1-2-16/h5-8,13-14,16-18,24H,1-4,9-12,15H2,(H,29,32). The topological polar surface area (TPSA) is 97.8 Å². The molecule has 1 aromatic carbocycles. The lowest BCUT2D eigenvalue weighted by molar-refractivity contribution is -0.123. The van der Waals surface area contributed by atoms with Crippen molar-refractivity contribution >= 4 is 23.3 Å². The zero-order valence-corrected chi connectivity index (χ0v) is 19.6. The number of ketones is 1. The summed E-state index contributed by atoms with van der Waals surface area (Å²) in [7, 11) is 0. The molecule has 1 saturated heterocycles. The molecule has 4 aliphatic rings. The van der Waals surface area contributed by atoms with Crippen LogP contribution >= 0.6 is 0 Å². The second-order valence-electron chi connectivity index (χ2n) is 10.1. The second-order valence-corrected chi connectivity index (χ2v) is 10.1. The van der Waals surface area contributed by atoms with Crippen molar-refractivity contribution in [2.45, 2.75) is 63.0 Å². The second kappa shape index (κ2) is 8.98. The van der Waals surface area contributed by atoms with Gasteiger partial charge in [-0.1, -0.05) is 6.07 Å². The highest BCUT2D eigenvalue weighted by Gasteiger charge is 2.37. The normalized spacial score (nSPS) is 23.4. The van der Waals surface area contributed by atoms with Crippen LogP contribution in [0.15, 0.2) is 36.5 Å². The van der Waals surface area contributed by atoms with Crippen LogP contribution in [-0.4, -0.2) is 47.9 Å². The van der Waals surface area contributed by atoms with Crippen LogP contribution in [0.5, 0.6) is 11.6 Å². The summed E-state index contributed by atoms with van der Waals surface area (Å²) in [6.07, 6.45) is 6.73. The average molecular weight is 476 g/mol. The van der Waals surface area contributed by atoms with E-state index in [4.69, 9.17) is 9.47 Å². The fourth-order valence-corrected chi connectivity index (χ4v) is 4.87. The van der Waals surface area contributed by atoms with Gasteiger partial charge >= 0.3 is 0 Å². The van der Waals surface area contributed by atoms with Gasteiger partial charge in [0.1, 0.15) is 5.75 Å². The molecule has 35 heavy (non-hydrogen) atoms. The summed E-state index contributed by atoms with van der Waals surface area (Å²) in [6.45, 7) is 1.21. The summed E-state index contributed by atoms with van der Waals surface area (Å²) in [5.41, 5.74) is 2.22. The van der Waals surface area contributed by atoms with E-state index in [2.05, 4.69) is 10.3 Å². The maximum Gasteiger partial charge on any atom is 0.268 e. The van der Waals surface area contributed by atoms with E-state index in [0.29, 0.717) is 67.3 Å². The van der Waals surface area contributed by atoms with E-state index in [1.165, 1.54) is 12.8 Å². The SMILES string of the molecule is O=C(CC1CC(=O)c2cc(N3CCC(Oc4ccc(OCC5CC5)nc4)C3=O)ccc21)NC1CC1. The van der Waals surface area contributed by atoms with Crippen LogP contribution in [0.25, 0.3) is 0 Å². The molecule has 0 radical (unpaired) electrons. The number of anilines is 1. The number of fused-ring (bicyclic) bond motifs is 1. The maximum atomic E-state index is 13.1. The number of nitrogens with zero attached hydrogens (tertiary/aromatic N) is 2. The number of aromatic nitrogens is 1. The van der Waals surface area contributed by atoms with Crippen LogP contribution in [0.2, 0.25) is 0 Å². The average Bonchev–Trinajstić information content (AvgIpc) is 3.78. The minimum atomic E-state index is -0.599. The van der Waals surface area contributed by atoms with Crippen molar-refractivity contribution in [1.82, 2.24) is 10.3 Å². The van der Waals surface area contributed by atoms with Gasteiger partial charge in [-0.05, 0) is 55.4 Å². The van der Waals surface area contributed by atoms with Crippen molar-refractivity contribution in [2.75, 3.05) is 18.1 Å². The number of carbonyl (C=O) groups is 3. The first kappa shape index (κ1) is 22.1. The summed E-state index contributed by atoms with van der Waals surface area (Å²) in [5, 5.41) is 3.00. The highest BCUT2D eigenvalue weighted by molar-refractivity contribution is 6.05. The van der Waals surface area contributed by atoms with Crippen LogP contribution in [0.1, 0.15) is 66.8 Å². The van der Waals surface area contributed by atoms with E-state index in [0.717, 1.165) is 18.4 Å². The lowest BCUT2D eigenvalue weighted by atomic mass is 9.97. The van der Waals surface area contributed by atoms with Gasteiger partial charge in [-0.15, -0.1) is 0 Å². The first-order valence-corrected chi connectivity index (χ1v) is 12.6. The minimum absolute atomic E-state index is 0.00827. The summed E-state index contributed by atoms with van der Waals surface area (Å²) in [5.74, 6) is 1.55. The Bertz CT molecular complexity index is 1160. The number of hydrogen-bond donors (Lipinski definition) is 1. The number of ether oxygens (including phenoxy) is 2. The number of benzene rings is 1. The van der Waals surface area contributed by atoms with Crippen LogP contribution in [0, 0.1) is 5.92 Å². The number of pyridine rings is 1. The van der Waals surface area contributed by atoms with Gasteiger partial charge in [-0.25, -0.2) is 4.98 Å². The summed E-state index contributed by atoms with van der Waals surface area (Å²) in [6, 6.07) is 9.42. The van der Waals surface area contributed by atoms with Gasteiger partial charge in [-0.2, -0.15) is 0 Å². The van der Waals surface area contributed by atoms with Crippen LogP contribution in [0.4, 0.5) is 5.69 Å². The number of amides is 2. The molecule has 2 saturated carbocycles. The Morgan fingerprint density at radius 1 is 1.09 bits per heavy atom. The molecule has 2 atom stereocenters. The third kappa shape index (κ3) is 4.88. The number of nitrogens with one attached hydrogen (secondary N) is 1. The fourth-order valence-electron chi connectivity index (χ4n) is 4.87. The molecule has 6 rings (SSSR count). The predicted molar refractivity (Wildman–Crippen MR) is 128 cm³/mol. The number of hydrogen-bond acceptors (Lipinski definition) is 6. The van der Waals surface area contributed by atoms with E-state index in [-0.39, 0.29) is 23.5 Å². The minimum Gasteiger partial charge on any atom is -0.479 e. The van der Waals surface area contributed by atoms with Crippen molar-refractivity contribution < 1.29 is 23.9 Å². The molecule has 8 nitrogen and oxygen atoms in total. The van der Waals surface area contributed by atoms with E-state index >= 15 is 0 Å². The summed E-state index contributed by atoms with van der Waals surface area (Å²) >= 11 is 0. The Morgan fingerprint density at radius 2 is 1.94 bits per heavy atom. The van der Waals surface area contributed by atoms with Crippen molar-refractivity contribution in [1.29, 1.82) is 0 Å². The van der Waals surface area contributed by atoms with Crippen molar-refractivity contribution in [3.05, 3.63) is 47.7 Å². The van der Waals surface area contributed by atoms with Gasteiger partial charge < -0.3 is 19.7 Å². The van der Waals surface area contributed by atoms with Gasteiger partial charge in [0.2, 0.25) is 11.8 Å². The number of rotatable bonds is 9. The number of Topliss-reactive ketones (excluding diaryl/α,β-unsaturated/α-hetero) is 1. The van der Waals surface area contributed by atoms with Crippen LogP contribution < -0.4 is 19.7 Å². The van der Waals surface area contributed by atoms with Crippen molar-refractivity contribution in [3.63, 3.8) is 0 Å². The monoisotopic (exact) mass is 475 g/mol. The van der Waals surface area contributed by atoms with Gasteiger partial charge in [0.05, 0.1) is 12.8 Å². The van der Waals surface area contributed by atoms with E-state index in [1.54, 1.807) is 29.3 Å². The smallest absolute Gasteiger partial charge is 0.268 e. The van der Waals surface area contributed by atoms with Crippen LogP contribution in [-0.2, 0) is 9.59 Å². The zero-order valence-electron chi connectivity index (χ0n) is 19.6. The highest BCUT2D eigenvalue weighted by atomic mass is 16.5. The van der Waals surface area contributed by atoms with Crippen LogP contribution in [0.3, 0.4) is 0 Å². The molecule has 2 amide bonds. The molecule has 2 heterocycles. The first-order valence-electron chi connectivity index (χ1n) is 12.6. The van der Waals surface area contributed by atoms with Crippen molar-refractivity contribution in [2.24, 2.45) is 5.92 Å².